The van der Waals surface area contributed by atoms with E-state index >= 15 is 0 Å². The number of rotatable bonds is 4. The predicted octanol–water partition coefficient (Wildman–Crippen LogP) is 2.68. The number of hydrogen-bond donors (Lipinski definition) is 1. The maximum atomic E-state index is 4.48. The smallest absolute Gasteiger partial charge is 0.126 e. The first kappa shape index (κ1) is 10.4. The molecule has 0 saturated heterocycles. The molecule has 0 fully saturated rings. The van der Waals surface area contributed by atoms with E-state index in [1.165, 1.54) is 5.56 Å². The zero-order valence-corrected chi connectivity index (χ0v) is 9.24. The summed E-state index contributed by atoms with van der Waals surface area (Å²) in [5.41, 5.74) is 2.43. The van der Waals surface area contributed by atoms with E-state index in [0.29, 0.717) is 0 Å². The summed E-state index contributed by atoms with van der Waals surface area (Å²) >= 11 is 1.80. The third-order valence-electron chi connectivity index (χ3n) is 1.67. The summed E-state index contributed by atoms with van der Waals surface area (Å²) in [4.78, 5) is 4.48. The van der Waals surface area contributed by atoms with Gasteiger partial charge in [0, 0.05) is 12.3 Å². The second-order valence-corrected chi connectivity index (χ2v) is 3.85. The fraction of sp³-hybridized carbons (Fsp3) is 0.500. The molecule has 3 heteroatoms. The third kappa shape index (κ3) is 3.27. The van der Waals surface area contributed by atoms with Gasteiger partial charge in [-0.15, -0.1) is 0 Å². The molecule has 1 aromatic rings. The molecule has 0 radical (unpaired) electrons. The van der Waals surface area contributed by atoms with Crippen LogP contribution in [0.5, 0.6) is 0 Å². The number of aromatic nitrogens is 1. The van der Waals surface area contributed by atoms with E-state index in [4.69, 9.17) is 0 Å². The van der Waals surface area contributed by atoms with Gasteiger partial charge in [-0.3, -0.25) is 0 Å². The van der Waals surface area contributed by atoms with Crippen LogP contribution in [0.4, 0.5) is 5.82 Å². The molecule has 0 aromatic carbocycles. The molecule has 0 aliphatic carbocycles. The normalized spacial score (nSPS) is 10.1. The van der Waals surface area contributed by atoms with E-state index in [1.807, 2.05) is 0 Å². The van der Waals surface area contributed by atoms with Crippen LogP contribution in [0.3, 0.4) is 0 Å². The van der Waals surface area contributed by atoms with Crippen molar-refractivity contribution in [1.82, 2.24) is 4.98 Å². The number of thioether (sulfide) groups is 1. The Labute approximate surface area is 84.1 Å². The Morgan fingerprint density at radius 1 is 1.46 bits per heavy atom. The van der Waals surface area contributed by atoms with Crippen LogP contribution in [0.15, 0.2) is 12.1 Å². The first-order valence-corrected chi connectivity index (χ1v) is 5.86. The highest BCUT2D eigenvalue weighted by Gasteiger charge is 1.98. The first-order chi connectivity index (χ1) is 6.26. The predicted molar refractivity (Wildman–Crippen MR) is 60.4 cm³/mol. The average molecular weight is 196 g/mol. The van der Waals surface area contributed by atoms with Gasteiger partial charge < -0.3 is 5.32 Å². The summed E-state index contributed by atoms with van der Waals surface area (Å²) in [6.07, 6.45) is 2.09. The van der Waals surface area contributed by atoms with Gasteiger partial charge >= 0.3 is 0 Å². The molecule has 0 amide bonds. The monoisotopic (exact) mass is 196 g/mol. The number of anilines is 1. The van der Waals surface area contributed by atoms with Gasteiger partial charge in [0.25, 0.3) is 0 Å². The summed E-state index contributed by atoms with van der Waals surface area (Å²) < 4.78 is 0. The highest BCUT2D eigenvalue weighted by atomic mass is 32.2. The summed E-state index contributed by atoms with van der Waals surface area (Å²) in [5.74, 6) is 1.98. The minimum atomic E-state index is 0.926. The fourth-order valence-corrected chi connectivity index (χ4v) is 1.68. The van der Waals surface area contributed by atoms with Crippen molar-refractivity contribution in [3.8, 4) is 0 Å². The molecule has 0 bridgehead atoms. The minimum absolute atomic E-state index is 0.926. The maximum absolute atomic E-state index is 4.48. The highest BCUT2D eigenvalue weighted by molar-refractivity contribution is 7.97. The second-order valence-electron chi connectivity index (χ2n) is 2.98. The average Bonchev–Trinajstić information content (AvgIpc) is 2.04. The van der Waals surface area contributed by atoms with E-state index in [2.05, 4.69) is 42.5 Å². The van der Waals surface area contributed by atoms with Crippen molar-refractivity contribution >= 4 is 17.6 Å². The first-order valence-electron chi connectivity index (χ1n) is 4.46. The largest absolute Gasteiger partial charge is 0.370 e. The quantitative estimate of drug-likeness (QED) is 0.801. The van der Waals surface area contributed by atoms with Crippen molar-refractivity contribution in [3.63, 3.8) is 0 Å². The Morgan fingerprint density at radius 3 is 2.85 bits per heavy atom. The van der Waals surface area contributed by atoms with E-state index in [0.717, 1.165) is 23.8 Å². The van der Waals surface area contributed by atoms with Crippen LogP contribution in [-0.4, -0.2) is 17.8 Å². The second kappa shape index (κ2) is 5.12. The molecule has 2 nitrogen and oxygen atoms in total. The molecule has 0 aliphatic heterocycles. The van der Waals surface area contributed by atoms with Gasteiger partial charge in [-0.1, -0.05) is 0 Å². The lowest BCUT2D eigenvalue weighted by molar-refractivity contribution is 1.10. The van der Waals surface area contributed by atoms with Crippen molar-refractivity contribution in [2.75, 3.05) is 18.1 Å². The van der Waals surface area contributed by atoms with Crippen molar-refractivity contribution < 1.29 is 0 Å². The van der Waals surface area contributed by atoms with Crippen LogP contribution in [0.25, 0.3) is 0 Å². The molecule has 1 aromatic heterocycles. The number of pyridine rings is 1. The number of hydrogen-bond acceptors (Lipinski definition) is 3. The molecule has 72 valence electrons. The topological polar surface area (TPSA) is 24.9 Å². The molecule has 1 heterocycles. The van der Waals surface area contributed by atoms with Crippen LogP contribution in [0.2, 0.25) is 0 Å². The number of nitrogens with one attached hydrogen (secondary N) is 1. The molecule has 1 rings (SSSR count). The van der Waals surface area contributed by atoms with Crippen LogP contribution in [-0.2, 0) is 5.75 Å². The summed E-state index contributed by atoms with van der Waals surface area (Å²) in [6.45, 7) is 5.11. The lowest BCUT2D eigenvalue weighted by Gasteiger charge is -2.06. The molecule has 0 saturated carbocycles. The zero-order chi connectivity index (χ0) is 9.68. The molecule has 0 spiro atoms. The maximum Gasteiger partial charge on any atom is 0.126 e. The van der Waals surface area contributed by atoms with Gasteiger partial charge in [-0.2, -0.15) is 11.8 Å². The Kier molecular flexibility index (Phi) is 4.09. The lowest BCUT2D eigenvalue weighted by atomic mass is 10.2. The Bertz CT molecular complexity index is 249. The van der Waals surface area contributed by atoms with E-state index in [-0.39, 0.29) is 0 Å². The van der Waals surface area contributed by atoms with Crippen LogP contribution >= 0.6 is 11.8 Å². The molecule has 13 heavy (non-hydrogen) atoms. The fourth-order valence-electron chi connectivity index (χ4n) is 1.23. The summed E-state index contributed by atoms with van der Waals surface area (Å²) in [6, 6.07) is 4.21. The lowest BCUT2D eigenvalue weighted by Crippen LogP contribution is -2.01. The molecular weight excluding hydrogens is 180 g/mol. The molecular formula is C10H16N2S. The van der Waals surface area contributed by atoms with E-state index < -0.39 is 0 Å². The molecule has 0 atom stereocenters. The van der Waals surface area contributed by atoms with Gasteiger partial charge in [-0.05, 0) is 37.8 Å². The van der Waals surface area contributed by atoms with Gasteiger partial charge in [0.05, 0.1) is 5.69 Å². The molecule has 1 N–H and O–H groups in total. The standard InChI is InChI=1S/C10H16N2S/c1-4-11-10-6-8(2)5-9(12-10)7-13-3/h5-6H,4,7H2,1-3H3,(H,11,12). The SMILES string of the molecule is CCNc1cc(C)cc(CSC)n1. The van der Waals surface area contributed by atoms with Gasteiger partial charge in [-0.25, -0.2) is 4.98 Å². The third-order valence-corrected chi connectivity index (χ3v) is 2.26. The Morgan fingerprint density at radius 2 is 2.23 bits per heavy atom. The van der Waals surface area contributed by atoms with Crippen molar-refractivity contribution in [1.29, 1.82) is 0 Å². The van der Waals surface area contributed by atoms with Crippen molar-refractivity contribution in [3.05, 3.63) is 23.4 Å². The summed E-state index contributed by atoms with van der Waals surface area (Å²) in [7, 11) is 0. The Hall–Kier alpha value is -0.700. The van der Waals surface area contributed by atoms with Crippen LogP contribution in [0, 0.1) is 6.92 Å². The minimum Gasteiger partial charge on any atom is -0.370 e. The number of nitrogens with zero attached hydrogens (tertiary/aromatic N) is 1. The van der Waals surface area contributed by atoms with Gasteiger partial charge in [0.15, 0.2) is 0 Å². The summed E-state index contributed by atoms with van der Waals surface area (Å²) in [5, 5.41) is 3.23. The van der Waals surface area contributed by atoms with E-state index in [9.17, 15) is 0 Å². The number of aryl methyl sites for hydroxylation is 1. The molecule has 0 aliphatic rings. The van der Waals surface area contributed by atoms with Gasteiger partial charge in [0.2, 0.25) is 0 Å². The zero-order valence-electron chi connectivity index (χ0n) is 8.42. The van der Waals surface area contributed by atoms with Crippen molar-refractivity contribution in [2.24, 2.45) is 0 Å². The van der Waals surface area contributed by atoms with Crippen molar-refractivity contribution in [2.45, 2.75) is 19.6 Å². The highest BCUT2D eigenvalue weighted by Crippen LogP contribution is 2.13. The Balaban J connectivity index is 2.83. The van der Waals surface area contributed by atoms with Crippen LogP contribution < -0.4 is 5.32 Å². The van der Waals surface area contributed by atoms with Crippen LogP contribution in [0.1, 0.15) is 18.2 Å². The molecule has 0 unspecified atom stereocenters. The van der Waals surface area contributed by atoms with E-state index in [1.54, 1.807) is 11.8 Å². The van der Waals surface area contributed by atoms with Gasteiger partial charge in [0.1, 0.15) is 5.82 Å².